The van der Waals surface area contributed by atoms with E-state index in [0.717, 1.165) is 12.1 Å². The monoisotopic (exact) mass is 351 g/mol. The molecular formula is C16H24ClF2NO3. The summed E-state index contributed by atoms with van der Waals surface area (Å²) in [5, 5.41) is 0. The number of ether oxygens (including phenoxy) is 2. The summed E-state index contributed by atoms with van der Waals surface area (Å²) in [4.78, 5) is 12.1. The van der Waals surface area contributed by atoms with Gasteiger partial charge >= 0.3 is 5.97 Å². The molecule has 0 saturated heterocycles. The van der Waals surface area contributed by atoms with E-state index in [2.05, 4.69) is 0 Å². The van der Waals surface area contributed by atoms with E-state index >= 15 is 0 Å². The molecule has 0 radical (unpaired) electrons. The summed E-state index contributed by atoms with van der Waals surface area (Å²) in [6.07, 6.45) is -0.111. The molecule has 1 aromatic carbocycles. The SMILES string of the molecule is COc1c(F)cc(F)cc1C(C)(CN)CC(=O)OC(C)(C)C.Cl. The molecular weight excluding hydrogens is 328 g/mol. The molecule has 0 bridgehead atoms. The Bertz CT molecular complexity index is 561. The van der Waals surface area contributed by atoms with Crippen LogP contribution in [0, 0.1) is 11.6 Å². The number of methoxy groups -OCH3 is 1. The van der Waals surface area contributed by atoms with E-state index in [1.165, 1.54) is 7.11 Å². The Morgan fingerprint density at radius 2 is 1.78 bits per heavy atom. The number of hydrogen-bond acceptors (Lipinski definition) is 4. The Labute approximate surface area is 141 Å². The molecule has 0 fully saturated rings. The van der Waals surface area contributed by atoms with Gasteiger partial charge in [-0.3, -0.25) is 4.79 Å². The highest BCUT2D eigenvalue weighted by Crippen LogP contribution is 2.37. The first kappa shape index (κ1) is 21.6. The number of carbonyl (C=O) groups is 1. The van der Waals surface area contributed by atoms with Gasteiger partial charge in [-0.15, -0.1) is 12.4 Å². The van der Waals surface area contributed by atoms with Crippen LogP contribution in [0.25, 0.3) is 0 Å². The molecule has 0 aliphatic carbocycles. The van der Waals surface area contributed by atoms with Crippen molar-refractivity contribution in [1.29, 1.82) is 0 Å². The minimum atomic E-state index is -1.00. The molecule has 0 amide bonds. The van der Waals surface area contributed by atoms with Crippen molar-refractivity contribution in [2.24, 2.45) is 5.73 Å². The number of rotatable bonds is 5. The van der Waals surface area contributed by atoms with Gasteiger partial charge in [0.15, 0.2) is 11.6 Å². The Morgan fingerprint density at radius 3 is 2.22 bits per heavy atom. The molecule has 1 rings (SSSR count). The lowest BCUT2D eigenvalue weighted by atomic mass is 9.78. The number of esters is 1. The Balaban J connectivity index is 0.00000484. The fraction of sp³-hybridized carbons (Fsp3) is 0.562. The van der Waals surface area contributed by atoms with Crippen LogP contribution in [-0.4, -0.2) is 25.2 Å². The van der Waals surface area contributed by atoms with Crippen LogP contribution in [-0.2, 0) is 14.9 Å². The second-order valence-corrected chi connectivity index (χ2v) is 6.50. The first-order valence-electron chi connectivity index (χ1n) is 6.98. The van der Waals surface area contributed by atoms with Gasteiger partial charge in [-0.25, -0.2) is 8.78 Å². The number of nitrogens with two attached hydrogens (primary N) is 1. The lowest BCUT2D eigenvalue weighted by molar-refractivity contribution is -0.156. The van der Waals surface area contributed by atoms with Gasteiger partial charge in [0.1, 0.15) is 11.4 Å². The third-order valence-corrected chi connectivity index (χ3v) is 3.27. The number of carbonyl (C=O) groups excluding carboxylic acids is 1. The van der Waals surface area contributed by atoms with Crippen molar-refractivity contribution in [3.8, 4) is 5.75 Å². The van der Waals surface area contributed by atoms with Crippen molar-refractivity contribution in [3.05, 3.63) is 29.3 Å². The van der Waals surface area contributed by atoms with Gasteiger partial charge in [0, 0.05) is 23.6 Å². The maximum absolute atomic E-state index is 13.9. The smallest absolute Gasteiger partial charge is 0.307 e. The molecule has 4 nitrogen and oxygen atoms in total. The maximum Gasteiger partial charge on any atom is 0.307 e. The standard InChI is InChI=1S/C16H23F2NO3.ClH/c1-15(2,3)22-13(20)8-16(4,9-19)11-6-10(17)7-12(18)14(11)21-5;/h6-7H,8-9,19H2,1-5H3;1H. The Morgan fingerprint density at radius 1 is 1.22 bits per heavy atom. The molecule has 1 unspecified atom stereocenters. The molecule has 0 saturated carbocycles. The van der Waals surface area contributed by atoms with E-state index in [9.17, 15) is 13.6 Å². The Kier molecular flexibility index (Phi) is 7.44. The summed E-state index contributed by atoms with van der Waals surface area (Å²) in [6.45, 7) is 6.88. The molecule has 0 aliphatic rings. The largest absolute Gasteiger partial charge is 0.493 e. The van der Waals surface area contributed by atoms with Crippen LogP contribution in [0.3, 0.4) is 0 Å². The van der Waals surface area contributed by atoms with Gasteiger partial charge in [0.2, 0.25) is 0 Å². The maximum atomic E-state index is 13.9. The van der Waals surface area contributed by atoms with Crippen molar-refractivity contribution < 1.29 is 23.0 Å². The third-order valence-electron chi connectivity index (χ3n) is 3.27. The van der Waals surface area contributed by atoms with Gasteiger partial charge in [-0.05, 0) is 26.8 Å². The predicted octanol–water partition coefficient (Wildman–Crippen LogP) is 3.34. The third kappa shape index (κ3) is 5.62. The molecule has 0 aromatic heterocycles. The first-order valence-corrected chi connectivity index (χ1v) is 6.98. The lowest BCUT2D eigenvalue weighted by Crippen LogP contribution is -2.37. The van der Waals surface area contributed by atoms with Crippen molar-refractivity contribution in [2.75, 3.05) is 13.7 Å². The van der Waals surface area contributed by atoms with Crippen molar-refractivity contribution in [1.82, 2.24) is 0 Å². The van der Waals surface area contributed by atoms with E-state index in [0.29, 0.717) is 0 Å². The first-order chi connectivity index (χ1) is 10.0. The summed E-state index contributed by atoms with van der Waals surface area (Å²) < 4.78 is 37.7. The zero-order valence-electron chi connectivity index (χ0n) is 14.0. The molecule has 7 heteroatoms. The fourth-order valence-electron chi connectivity index (χ4n) is 2.19. The molecule has 2 N–H and O–H groups in total. The zero-order chi connectivity index (χ0) is 17.1. The number of benzene rings is 1. The van der Waals surface area contributed by atoms with Crippen molar-refractivity contribution in [3.63, 3.8) is 0 Å². The molecule has 0 spiro atoms. The summed E-state index contributed by atoms with van der Waals surface area (Å²) in [5.41, 5.74) is 4.32. The molecule has 23 heavy (non-hydrogen) atoms. The quantitative estimate of drug-likeness (QED) is 0.826. The van der Waals surface area contributed by atoms with Gasteiger partial charge in [-0.2, -0.15) is 0 Å². The van der Waals surface area contributed by atoms with Crippen LogP contribution in [0.4, 0.5) is 8.78 Å². The molecule has 1 aromatic rings. The minimum Gasteiger partial charge on any atom is -0.493 e. The number of halogens is 3. The van der Waals surface area contributed by atoms with Crippen molar-refractivity contribution >= 4 is 18.4 Å². The fourth-order valence-corrected chi connectivity index (χ4v) is 2.19. The van der Waals surface area contributed by atoms with Crippen LogP contribution >= 0.6 is 12.4 Å². The van der Waals surface area contributed by atoms with Crippen LogP contribution in [0.2, 0.25) is 0 Å². The molecule has 0 aliphatic heterocycles. The summed E-state index contributed by atoms with van der Waals surface area (Å²) >= 11 is 0. The van der Waals surface area contributed by atoms with E-state index in [1.54, 1.807) is 27.7 Å². The number of hydrogen-bond donors (Lipinski definition) is 1. The predicted molar refractivity (Wildman–Crippen MR) is 87.0 cm³/mol. The van der Waals surface area contributed by atoms with Crippen LogP contribution in [0.5, 0.6) is 5.75 Å². The van der Waals surface area contributed by atoms with E-state index in [4.69, 9.17) is 15.2 Å². The summed E-state index contributed by atoms with van der Waals surface area (Å²) in [7, 11) is 1.28. The average molecular weight is 352 g/mol. The van der Waals surface area contributed by atoms with E-state index in [1.807, 2.05) is 0 Å². The second-order valence-electron chi connectivity index (χ2n) is 6.50. The van der Waals surface area contributed by atoms with Crippen LogP contribution in [0.15, 0.2) is 12.1 Å². The van der Waals surface area contributed by atoms with Gasteiger partial charge in [0.05, 0.1) is 13.5 Å². The highest BCUT2D eigenvalue weighted by molar-refractivity contribution is 5.85. The highest BCUT2D eigenvalue weighted by atomic mass is 35.5. The average Bonchev–Trinajstić information content (AvgIpc) is 2.35. The normalized spacial score (nSPS) is 13.7. The van der Waals surface area contributed by atoms with E-state index < -0.39 is 28.6 Å². The van der Waals surface area contributed by atoms with E-state index in [-0.39, 0.29) is 36.7 Å². The molecule has 1 atom stereocenters. The van der Waals surface area contributed by atoms with Gasteiger partial charge < -0.3 is 15.2 Å². The molecule has 132 valence electrons. The topological polar surface area (TPSA) is 61.5 Å². The minimum absolute atomic E-state index is 0. The lowest BCUT2D eigenvalue weighted by Gasteiger charge is -2.31. The summed E-state index contributed by atoms with van der Waals surface area (Å²) in [6, 6.07) is 1.87. The van der Waals surface area contributed by atoms with Crippen LogP contribution < -0.4 is 10.5 Å². The Hall–Kier alpha value is -1.40. The van der Waals surface area contributed by atoms with Crippen LogP contribution in [0.1, 0.15) is 39.7 Å². The van der Waals surface area contributed by atoms with Crippen molar-refractivity contribution in [2.45, 2.75) is 45.1 Å². The highest BCUT2D eigenvalue weighted by Gasteiger charge is 2.34. The summed E-state index contributed by atoms with van der Waals surface area (Å²) in [5.74, 6) is -2.19. The van der Waals surface area contributed by atoms with Gasteiger partial charge in [-0.1, -0.05) is 6.92 Å². The second kappa shape index (κ2) is 7.93. The van der Waals surface area contributed by atoms with Gasteiger partial charge in [0.25, 0.3) is 0 Å². The molecule has 0 heterocycles. The zero-order valence-corrected chi connectivity index (χ0v) is 14.9.